The topological polar surface area (TPSA) is 63.6 Å². The average molecular weight is 462 g/mol. The molecule has 3 aromatic rings. The van der Waals surface area contributed by atoms with Crippen LogP contribution in [0.5, 0.6) is 0 Å². The predicted molar refractivity (Wildman–Crippen MR) is 130 cm³/mol. The molecule has 0 saturated carbocycles. The van der Waals surface area contributed by atoms with Crippen LogP contribution in [-0.4, -0.2) is 19.9 Å². The van der Waals surface area contributed by atoms with E-state index in [2.05, 4.69) is 4.40 Å². The molecule has 162 valence electrons. The third-order valence-electron chi connectivity index (χ3n) is 5.48. The molecule has 0 amide bonds. The molecule has 0 radical (unpaired) electrons. The van der Waals surface area contributed by atoms with Crippen molar-refractivity contribution >= 4 is 33.3 Å². The molecule has 32 heavy (non-hydrogen) atoms. The Bertz CT molecular complexity index is 1400. The maximum Gasteiger partial charge on any atom is 0.283 e. The molecule has 0 unspecified atom stereocenters. The van der Waals surface area contributed by atoms with Crippen LogP contribution in [0.25, 0.3) is 0 Å². The molecule has 6 heteroatoms. The third-order valence-corrected chi connectivity index (χ3v) is 7.94. The molecule has 4 rings (SSSR count). The molecule has 4 nitrogen and oxygen atoms in total. The highest BCUT2D eigenvalue weighted by Gasteiger charge is 2.27. The maximum absolute atomic E-state index is 13.3. The molecule has 1 aliphatic rings. The zero-order chi connectivity index (χ0) is 23.0. The molecule has 0 bridgehead atoms. The van der Waals surface area contributed by atoms with Crippen molar-refractivity contribution in [2.75, 3.05) is 0 Å². The number of rotatable bonds is 4. The summed E-state index contributed by atoms with van der Waals surface area (Å²) < 4.78 is 30.7. The van der Waals surface area contributed by atoms with Crippen molar-refractivity contribution in [2.24, 2.45) is 4.40 Å². The number of nitrogens with zero attached hydrogens (tertiary/aromatic N) is 1. The number of thioether (sulfide) groups is 1. The quantitative estimate of drug-likeness (QED) is 0.480. The van der Waals surface area contributed by atoms with E-state index in [1.807, 2.05) is 51.1 Å². The maximum atomic E-state index is 13.3. The SMILES string of the molecule is Cc1ccc(SC2=CC(=NS(=O)(=O)c3cc(C)c(C)cc3C)c3ccccc3C2=O)cc1. The average Bonchev–Trinajstić information content (AvgIpc) is 2.75. The fourth-order valence-corrected chi connectivity index (χ4v) is 5.78. The molecule has 0 aliphatic heterocycles. The van der Waals surface area contributed by atoms with Crippen molar-refractivity contribution in [3.05, 3.63) is 105 Å². The van der Waals surface area contributed by atoms with E-state index in [1.165, 1.54) is 11.8 Å². The Hall–Kier alpha value is -2.96. The van der Waals surface area contributed by atoms with Gasteiger partial charge in [-0.1, -0.05) is 59.8 Å². The molecule has 1 aliphatic carbocycles. The van der Waals surface area contributed by atoms with Crippen molar-refractivity contribution < 1.29 is 13.2 Å². The van der Waals surface area contributed by atoms with Gasteiger partial charge in [-0.3, -0.25) is 4.79 Å². The fraction of sp³-hybridized carbons (Fsp3) is 0.154. The van der Waals surface area contributed by atoms with Gasteiger partial charge in [0.25, 0.3) is 10.0 Å². The lowest BCUT2D eigenvalue weighted by molar-refractivity contribution is 0.104. The Morgan fingerprint density at radius 2 is 1.41 bits per heavy atom. The second-order valence-electron chi connectivity index (χ2n) is 7.95. The van der Waals surface area contributed by atoms with Gasteiger partial charge in [-0.15, -0.1) is 0 Å². The number of ketones is 1. The van der Waals surface area contributed by atoms with Crippen molar-refractivity contribution in [1.82, 2.24) is 0 Å². The Labute approximate surface area is 193 Å². The van der Waals surface area contributed by atoms with E-state index in [1.54, 1.807) is 43.3 Å². The lowest BCUT2D eigenvalue weighted by atomic mass is 9.94. The highest BCUT2D eigenvalue weighted by molar-refractivity contribution is 8.04. The van der Waals surface area contributed by atoms with Gasteiger partial charge in [0, 0.05) is 16.0 Å². The highest BCUT2D eigenvalue weighted by atomic mass is 32.2. The van der Waals surface area contributed by atoms with E-state index in [0.717, 1.165) is 21.6 Å². The number of sulfonamides is 1. The molecular weight excluding hydrogens is 438 g/mol. The van der Waals surface area contributed by atoms with Gasteiger partial charge in [0.1, 0.15) is 0 Å². The minimum absolute atomic E-state index is 0.134. The summed E-state index contributed by atoms with van der Waals surface area (Å²) in [6, 6.07) is 18.4. The zero-order valence-electron chi connectivity index (χ0n) is 18.3. The minimum Gasteiger partial charge on any atom is -0.288 e. The van der Waals surface area contributed by atoms with Crippen LogP contribution in [0, 0.1) is 27.7 Å². The third kappa shape index (κ3) is 4.33. The fourth-order valence-electron chi connectivity index (χ4n) is 3.58. The molecular formula is C26H23NO3S2. The van der Waals surface area contributed by atoms with E-state index >= 15 is 0 Å². The Morgan fingerprint density at radius 1 is 0.781 bits per heavy atom. The lowest BCUT2D eigenvalue weighted by Crippen LogP contribution is -2.17. The van der Waals surface area contributed by atoms with Gasteiger partial charge in [-0.25, -0.2) is 0 Å². The van der Waals surface area contributed by atoms with Crippen LogP contribution in [0.15, 0.2) is 85.8 Å². The van der Waals surface area contributed by atoms with Gasteiger partial charge in [0.2, 0.25) is 0 Å². The van der Waals surface area contributed by atoms with Crippen LogP contribution < -0.4 is 0 Å². The minimum atomic E-state index is -3.97. The number of aryl methyl sites for hydroxylation is 4. The van der Waals surface area contributed by atoms with Gasteiger partial charge >= 0.3 is 0 Å². The summed E-state index contributed by atoms with van der Waals surface area (Å²) in [5, 5.41) is 0. The van der Waals surface area contributed by atoms with E-state index < -0.39 is 10.0 Å². The predicted octanol–water partition coefficient (Wildman–Crippen LogP) is 5.97. The molecule has 0 N–H and O–H groups in total. The summed E-state index contributed by atoms with van der Waals surface area (Å²) in [7, 11) is -3.97. The first-order valence-corrected chi connectivity index (χ1v) is 12.4. The van der Waals surface area contributed by atoms with Crippen molar-refractivity contribution in [3.8, 4) is 0 Å². The summed E-state index contributed by atoms with van der Waals surface area (Å²) in [4.78, 5) is 14.6. The van der Waals surface area contributed by atoms with Gasteiger partial charge in [0.05, 0.1) is 15.5 Å². The van der Waals surface area contributed by atoms with Gasteiger partial charge in [0.15, 0.2) is 5.78 Å². The van der Waals surface area contributed by atoms with E-state index in [-0.39, 0.29) is 16.4 Å². The van der Waals surface area contributed by atoms with E-state index in [4.69, 9.17) is 0 Å². The summed E-state index contributed by atoms with van der Waals surface area (Å²) in [6.45, 7) is 7.60. The van der Waals surface area contributed by atoms with Crippen molar-refractivity contribution in [3.63, 3.8) is 0 Å². The molecule has 0 atom stereocenters. The molecule has 0 saturated heterocycles. The Kier molecular flexibility index (Phi) is 5.93. The summed E-state index contributed by atoms with van der Waals surface area (Å²) in [5.74, 6) is -0.134. The van der Waals surface area contributed by atoms with Crippen LogP contribution in [-0.2, 0) is 10.0 Å². The Morgan fingerprint density at radius 3 is 2.09 bits per heavy atom. The van der Waals surface area contributed by atoms with Crippen LogP contribution in [0.4, 0.5) is 0 Å². The standard InChI is InChI=1S/C26H23NO3S2/c1-16-9-11-20(12-10-16)31-24-15-23(21-7-5-6-8-22(21)26(24)28)27-32(29,30)25-14-18(3)17(2)13-19(25)4/h5-15H,1-4H3. The largest absolute Gasteiger partial charge is 0.288 e. The highest BCUT2D eigenvalue weighted by Crippen LogP contribution is 2.34. The summed E-state index contributed by atoms with van der Waals surface area (Å²) in [6.07, 6.45) is 1.59. The van der Waals surface area contributed by atoms with E-state index in [0.29, 0.717) is 21.6 Å². The summed E-state index contributed by atoms with van der Waals surface area (Å²) in [5.41, 5.74) is 4.94. The number of carbonyl (C=O) groups is 1. The smallest absolute Gasteiger partial charge is 0.283 e. The molecule has 0 spiro atoms. The van der Waals surface area contributed by atoms with Crippen molar-refractivity contribution in [2.45, 2.75) is 37.5 Å². The number of carbonyl (C=O) groups excluding carboxylic acids is 1. The lowest BCUT2D eigenvalue weighted by Gasteiger charge is -2.17. The normalized spacial score (nSPS) is 14.9. The van der Waals surface area contributed by atoms with E-state index in [9.17, 15) is 13.2 Å². The first-order chi connectivity index (χ1) is 15.2. The first kappa shape index (κ1) is 22.2. The van der Waals surface area contributed by atoms with Crippen LogP contribution in [0.2, 0.25) is 0 Å². The van der Waals surface area contributed by atoms with Gasteiger partial charge in [-0.2, -0.15) is 12.8 Å². The number of benzene rings is 3. The zero-order valence-corrected chi connectivity index (χ0v) is 20.0. The van der Waals surface area contributed by atoms with Crippen LogP contribution >= 0.6 is 11.8 Å². The number of Topliss-reactive ketones (excluding diaryl/α,β-unsaturated/α-hetero) is 1. The number of hydrogen-bond acceptors (Lipinski definition) is 4. The monoisotopic (exact) mass is 461 g/mol. The second-order valence-corrected chi connectivity index (χ2v) is 10.6. The number of allylic oxidation sites excluding steroid dienone is 2. The number of fused-ring (bicyclic) bond motifs is 1. The number of hydrogen-bond donors (Lipinski definition) is 0. The second kappa shape index (κ2) is 8.52. The van der Waals surface area contributed by atoms with Crippen LogP contribution in [0.3, 0.4) is 0 Å². The molecule has 0 heterocycles. The van der Waals surface area contributed by atoms with Crippen LogP contribution in [0.1, 0.15) is 38.2 Å². The molecule has 3 aromatic carbocycles. The van der Waals surface area contributed by atoms with Gasteiger partial charge in [-0.05, 0) is 68.7 Å². The van der Waals surface area contributed by atoms with Gasteiger partial charge < -0.3 is 0 Å². The summed E-state index contributed by atoms with van der Waals surface area (Å²) >= 11 is 1.31. The Balaban J connectivity index is 1.84. The first-order valence-electron chi connectivity index (χ1n) is 10.2. The molecule has 0 fully saturated rings. The molecule has 0 aromatic heterocycles. The van der Waals surface area contributed by atoms with Crippen molar-refractivity contribution in [1.29, 1.82) is 0 Å².